The van der Waals surface area contributed by atoms with Gasteiger partial charge in [-0.15, -0.1) is 0 Å². The number of nitrogens with two attached hydrogens (primary N) is 1. The highest BCUT2D eigenvalue weighted by atomic mass is 32.1. The summed E-state index contributed by atoms with van der Waals surface area (Å²) in [5, 5.41) is 12.9. The number of nitrogens with zero attached hydrogens (tertiary/aromatic N) is 2. The summed E-state index contributed by atoms with van der Waals surface area (Å²) in [6, 6.07) is 6.36. The fourth-order valence-corrected chi connectivity index (χ4v) is 3.84. The van der Waals surface area contributed by atoms with Gasteiger partial charge in [-0.1, -0.05) is 38.1 Å². The number of halogens is 3. The molecule has 1 amide bonds. The second kappa shape index (κ2) is 9.22. The zero-order valence-corrected chi connectivity index (χ0v) is 16.4. The maximum atomic E-state index is 14.0. The summed E-state index contributed by atoms with van der Waals surface area (Å²) in [6.07, 6.45) is -4.54. The fourth-order valence-electron chi connectivity index (χ4n) is 3.18. The largest absolute Gasteiger partial charge is 0.408 e. The van der Waals surface area contributed by atoms with Crippen LogP contribution in [0, 0.1) is 17.2 Å². The number of primary amides is 1. The van der Waals surface area contributed by atoms with Gasteiger partial charge >= 0.3 is 6.18 Å². The molecule has 4 nitrogen and oxygen atoms in total. The van der Waals surface area contributed by atoms with Crippen LogP contribution in [0.5, 0.6) is 0 Å². The molecule has 1 aromatic heterocycles. The minimum Gasteiger partial charge on any atom is -0.368 e. The van der Waals surface area contributed by atoms with Crippen LogP contribution in [0.2, 0.25) is 0 Å². The lowest BCUT2D eigenvalue weighted by atomic mass is 9.96. The third-order valence-electron chi connectivity index (χ3n) is 4.40. The zero-order valence-electron chi connectivity index (χ0n) is 15.6. The van der Waals surface area contributed by atoms with E-state index in [1.54, 1.807) is 32.0 Å². The predicted octanol–water partition coefficient (Wildman–Crippen LogP) is 4.74. The molecule has 28 heavy (non-hydrogen) atoms. The molecule has 2 rings (SSSR count). The van der Waals surface area contributed by atoms with Gasteiger partial charge in [0, 0.05) is 0 Å². The van der Waals surface area contributed by atoms with E-state index in [0.717, 1.165) is 16.0 Å². The lowest BCUT2D eigenvalue weighted by Crippen LogP contribution is -2.51. The Kier molecular flexibility index (Phi) is 7.22. The molecule has 0 unspecified atom stereocenters. The van der Waals surface area contributed by atoms with Gasteiger partial charge in [-0.3, -0.25) is 9.69 Å². The van der Waals surface area contributed by atoms with Gasteiger partial charge in [0.05, 0.1) is 18.7 Å². The fraction of sp³-hybridized carbons (Fsp3) is 0.400. The number of carbonyl (C=O) groups excluding carboxylic acids is 1. The summed E-state index contributed by atoms with van der Waals surface area (Å²) in [4.78, 5) is 12.8. The first kappa shape index (κ1) is 21.9. The highest BCUT2D eigenvalue weighted by Crippen LogP contribution is 2.40. The predicted molar refractivity (Wildman–Crippen MR) is 103 cm³/mol. The third-order valence-corrected chi connectivity index (χ3v) is 5.08. The SMILES string of the molecule is CC(C)C[C@@H](C(N)=O)N(CC#N)[C@@H](c1ccc(-c2ccsc2)cc1)C(F)(F)F. The van der Waals surface area contributed by atoms with E-state index in [9.17, 15) is 18.0 Å². The van der Waals surface area contributed by atoms with Gasteiger partial charge in [-0.25, -0.2) is 0 Å². The molecule has 0 saturated heterocycles. The smallest absolute Gasteiger partial charge is 0.368 e. The van der Waals surface area contributed by atoms with Gasteiger partial charge in [0.2, 0.25) is 5.91 Å². The molecule has 0 aliphatic rings. The normalized spacial score (nSPS) is 14.1. The van der Waals surface area contributed by atoms with E-state index in [4.69, 9.17) is 11.0 Å². The Morgan fingerprint density at radius 3 is 2.29 bits per heavy atom. The van der Waals surface area contributed by atoms with Crippen molar-refractivity contribution in [3.63, 3.8) is 0 Å². The van der Waals surface area contributed by atoms with Crippen molar-refractivity contribution in [2.24, 2.45) is 11.7 Å². The van der Waals surface area contributed by atoms with Crippen LogP contribution in [0.4, 0.5) is 13.2 Å². The summed E-state index contributed by atoms with van der Waals surface area (Å²) in [5.41, 5.74) is 7.09. The Bertz CT molecular complexity index is 811. The highest BCUT2D eigenvalue weighted by molar-refractivity contribution is 7.08. The van der Waals surface area contributed by atoms with Crippen LogP contribution < -0.4 is 5.73 Å². The third kappa shape index (κ3) is 5.33. The topological polar surface area (TPSA) is 70.1 Å². The number of rotatable bonds is 8. The van der Waals surface area contributed by atoms with Crippen molar-refractivity contribution in [3.05, 3.63) is 46.7 Å². The second-order valence-corrected chi connectivity index (χ2v) is 7.74. The molecule has 0 spiro atoms. The molecule has 0 radical (unpaired) electrons. The number of benzene rings is 1. The first-order valence-corrected chi connectivity index (χ1v) is 9.70. The molecular formula is C20H22F3N3OS. The van der Waals surface area contributed by atoms with E-state index in [1.165, 1.54) is 23.5 Å². The van der Waals surface area contributed by atoms with Crippen LogP contribution in [0.1, 0.15) is 31.9 Å². The van der Waals surface area contributed by atoms with E-state index >= 15 is 0 Å². The number of nitriles is 1. The minimum atomic E-state index is -4.68. The first-order chi connectivity index (χ1) is 13.1. The molecule has 0 bridgehead atoms. The molecule has 1 heterocycles. The summed E-state index contributed by atoms with van der Waals surface area (Å²) in [7, 11) is 0. The van der Waals surface area contributed by atoms with Crippen LogP contribution in [-0.2, 0) is 4.79 Å². The Hall–Kier alpha value is -2.37. The van der Waals surface area contributed by atoms with Gasteiger partial charge in [0.1, 0.15) is 6.04 Å². The number of thiophene rings is 1. The van der Waals surface area contributed by atoms with Crippen molar-refractivity contribution in [2.45, 2.75) is 38.5 Å². The molecule has 0 saturated carbocycles. The maximum Gasteiger partial charge on any atom is 0.408 e. The molecule has 0 fully saturated rings. The van der Waals surface area contributed by atoms with E-state index in [1.807, 2.05) is 16.8 Å². The van der Waals surface area contributed by atoms with Gasteiger partial charge in [-0.05, 0) is 45.9 Å². The van der Waals surface area contributed by atoms with Gasteiger partial charge in [0.15, 0.2) is 0 Å². The Morgan fingerprint density at radius 1 is 1.21 bits per heavy atom. The maximum absolute atomic E-state index is 14.0. The van der Waals surface area contributed by atoms with Crippen LogP contribution in [-0.4, -0.2) is 29.6 Å². The monoisotopic (exact) mass is 409 g/mol. The van der Waals surface area contributed by atoms with Gasteiger partial charge < -0.3 is 5.73 Å². The van der Waals surface area contributed by atoms with Crippen molar-refractivity contribution in [1.82, 2.24) is 4.90 Å². The van der Waals surface area contributed by atoms with Gasteiger partial charge in [0.25, 0.3) is 0 Å². The number of amides is 1. The summed E-state index contributed by atoms with van der Waals surface area (Å²) >= 11 is 1.50. The number of carbonyl (C=O) groups is 1. The Balaban J connectivity index is 2.47. The minimum absolute atomic E-state index is 0.0308. The molecule has 1 aromatic carbocycles. The average molecular weight is 409 g/mol. The van der Waals surface area contributed by atoms with E-state index in [0.29, 0.717) is 0 Å². The average Bonchev–Trinajstić information content (AvgIpc) is 3.13. The Labute approximate surface area is 166 Å². The van der Waals surface area contributed by atoms with E-state index in [-0.39, 0.29) is 17.9 Å². The highest BCUT2D eigenvalue weighted by Gasteiger charge is 2.47. The van der Waals surface area contributed by atoms with Crippen LogP contribution in [0.25, 0.3) is 11.1 Å². The van der Waals surface area contributed by atoms with Crippen molar-refractivity contribution in [1.29, 1.82) is 5.26 Å². The Morgan fingerprint density at radius 2 is 1.86 bits per heavy atom. The van der Waals surface area contributed by atoms with Crippen LogP contribution in [0.3, 0.4) is 0 Å². The van der Waals surface area contributed by atoms with Crippen LogP contribution in [0.15, 0.2) is 41.1 Å². The number of hydrogen-bond donors (Lipinski definition) is 1. The molecule has 2 atom stereocenters. The first-order valence-electron chi connectivity index (χ1n) is 8.76. The lowest BCUT2D eigenvalue weighted by Gasteiger charge is -2.37. The zero-order chi connectivity index (χ0) is 20.9. The summed E-state index contributed by atoms with van der Waals surface area (Å²) in [6.45, 7) is 3.02. The number of alkyl halides is 3. The molecule has 0 aliphatic carbocycles. The van der Waals surface area contributed by atoms with Crippen molar-refractivity contribution < 1.29 is 18.0 Å². The van der Waals surface area contributed by atoms with Gasteiger partial charge in [-0.2, -0.15) is 29.8 Å². The number of hydrogen-bond acceptors (Lipinski definition) is 4. The summed E-state index contributed by atoms with van der Waals surface area (Å²) in [5.74, 6) is -0.929. The molecule has 2 aromatic rings. The van der Waals surface area contributed by atoms with E-state index in [2.05, 4.69) is 0 Å². The molecule has 150 valence electrons. The standard InChI is InChI=1S/C20H22F3N3OS/c1-13(2)11-17(19(25)27)26(9-8-24)18(20(21,22)23)15-5-3-14(4-6-15)16-7-10-28-12-16/h3-7,10,12-13,17-18H,9,11H2,1-2H3,(H2,25,27)/t17-,18-/m0/s1. The van der Waals surface area contributed by atoms with Crippen molar-refractivity contribution >= 4 is 17.2 Å². The van der Waals surface area contributed by atoms with Crippen LogP contribution >= 0.6 is 11.3 Å². The summed E-state index contributed by atoms with van der Waals surface area (Å²) < 4.78 is 42.0. The molecule has 8 heteroatoms. The molecule has 0 aliphatic heterocycles. The second-order valence-electron chi connectivity index (χ2n) is 6.96. The van der Waals surface area contributed by atoms with Crippen molar-refractivity contribution in [3.8, 4) is 17.2 Å². The van der Waals surface area contributed by atoms with E-state index < -0.39 is 30.7 Å². The van der Waals surface area contributed by atoms with Crippen molar-refractivity contribution in [2.75, 3.05) is 6.54 Å². The molecule has 2 N–H and O–H groups in total. The quantitative estimate of drug-likeness (QED) is 0.640. The molecular weight excluding hydrogens is 387 g/mol. The lowest BCUT2D eigenvalue weighted by molar-refractivity contribution is -0.192.